The lowest BCUT2D eigenvalue weighted by atomic mass is 9.94. The largest absolute Gasteiger partial charge is 0.412 e. The summed E-state index contributed by atoms with van der Waals surface area (Å²) in [5.74, 6) is -0.453. The van der Waals surface area contributed by atoms with Crippen molar-refractivity contribution in [3.05, 3.63) is 95.7 Å². The number of benzene rings is 3. The third-order valence-electron chi connectivity index (χ3n) is 6.07. The van der Waals surface area contributed by atoms with Crippen LogP contribution in [0.15, 0.2) is 83.8 Å². The maximum absolute atomic E-state index is 15.3. The Morgan fingerprint density at radius 1 is 0.943 bits per heavy atom. The first kappa shape index (κ1) is 22.9. The third-order valence-corrected chi connectivity index (χ3v) is 6.07. The number of rotatable bonds is 4. The summed E-state index contributed by atoms with van der Waals surface area (Å²) in [6.07, 6.45) is -0.101. The molecule has 0 saturated carbocycles. The van der Waals surface area contributed by atoms with Crippen LogP contribution in [0.4, 0.5) is 17.6 Å². The normalized spacial score (nSPS) is 14.1. The molecule has 0 radical (unpaired) electrons. The van der Waals surface area contributed by atoms with Crippen LogP contribution in [-0.2, 0) is 6.42 Å². The number of aromatic nitrogens is 2. The van der Waals surface area contributed by atoms with Gasteiger partial charge in [0.15, 0.2) is 0 Å². The Kier molecular flexibility index (Phi) is 5.93. The van der Waals surface area contributed by atoms with Crippen LogP contribution in [-0.4, -0.2) is 28.4 Å². The SMILES string of the molecule is Cc1cccc(-c2cc(-c3ccc(CC4=NCCC(C(F)(F)F)=C4)cc3F)cc3cncnc23)c1. The molecule has 0 amide bonds. The Balaban J connectivity index is 1.51. The molecular weight excluding hydrogens is 454 g/mol. The summed E-state index contributed by atoms with van der Waals surface area (Å²) in [4.78, 5) is 12.8. The number of aryl methyl sites for hydroxylation is 1. The predicted molar refractivity (Wildman–Crippen MR) is 130 cm³/mol. The summed E-state index contributed by atoms with van der Waals surface area (Å²) in [6.45, 7) is 2.09. The second-order valence-corrected chi connectivity index (χ2v) is 8.64. The van der Waals surface area contributed by atoms with E-state index in [1.807, 2.05) is 43.3 Å². The number of nitrogens with zero attached hydrogens (tertiary/aromatic N) is 3. The summed E-state index contributed by atoms with van der Waals surface area (Å²) >= 11 is 0. The van der Waals surface area contributed by atoms with Crippen molar-refractivity contribution in [2.24, 2.45) is 4.99 Å². The van der Waals surface area contributed by atoms with Crippen molar-refractivity contribution < 1.29 is 17.6 Å². The Labute approximate surface area is 199 Å². The second-order valence-electron chi connectivity index (χ2n) is 8.64. The number of hydrogen-bond donors (Lipinski definition) is 0. The highest BCUT2D eigenvalue weighted by molar-refractivity contribution is 5.98. The molecule has 0 aliphatic carbocycles. The van der Waals surface area contributed by atoms with Gasteiger partial charge in [0.25, 0.3) is 0 Å². The minimum atomic E-state index is -4.37. The standard InChI is InChI=1S/C28H21F4N3/c1-17-3-2-4-19(9-17)25-13-20(12-21-15-33-16-35-27(21)25)24-6-5-18(11-26(24)29)10-23-14-22(7-8-34-23)28(30,31)32/h2-6,9,11-16H,7-8,10H2,1H3. The molecule has 4 aromatic rings. The van der Waals surface area contributed by atoms with Crippen LogP contribution >= 0.6 is 0 Å². The van der Waals surface area contributed by atoms with Crippen molar-refractivity contribution in [2.45, 2.75) is 25.9 Å². The number of fused-ring (bicyclic) bond motifs is 1. The van der Waals surface area contributed by atoms with Gasteiger partial charge in [-0.1, -0.05) is 42.0 Å². The number of alkyl halides is 3. The van der Waals surface area contributed by atoms with Crippen molar-refractivity contribution in [3.63, 3.8) is 0 Å². The highest BCUT2D eigenvalue weighted by atomic mass is 19.4. The molecular formula is C28H21F4N3. The van der Waals surface area contributed by atoms with Crippen LogP contribution in [0.25, 0.3) is 33.2 Å². The van der Waals surface area contributed by atoms with Gasteiger partial charge in [0, 0.05) is 47.0 Å². The molecule has 0 N–H and O–H groups in total. The molecule has 3 aromatic carbocycles. The fourth-order valence-corrected chi connectivity index (χ4v) is 4.37. The van der Waals surface area contributed by atoms with Crippen LogP contribution in [0.5, 0.6) is 0 Å². The Morgan fingerprint density at radius 2 is 1.80 bits per heavy atom. The molecule has 0 spiro atoms. The zero-order chi connectivity index (χ0) is 24.6. The first-order chi connectivity index (χ1) is 16.8. The molecule has 3 nitrogen and oxygen atoms in total. The molecule has 0 fully saturated rings. The van der Waals surface area contributed by atoms with E-state index in [2.05, 4.69) is 15.0 Å². The first-order valence-electron chi connectivity index (χ1n) is 11.2. The highest BCUT2D eigenvalue weighted by Crippen LogP contribution is 2.35. The maximum atomic E-state index is 15.3. The topological polar surface area (TPSA) is 38.1 Å². The number of dihydropyridines is 1. The van der Waals surface area contributed by atoms with Gasteiger partial charge < -0.3 is 0 Å². The van der Waals surface area contributed by atoms with E-state index < -0.39 is 17.6 Å². The van der Waals surface area contributed by atoms with E-state index in [0.717, 1.165) is 33.7 Å². The Bertz CT molecular complexity index is 1490. The van der Waals surface area contributed by atoms with Crippen molar-refractivity contribution in [1.29, 1.82) is 0 Å². The van der Waals surface area contributed by atoms with Crippen LogP contribution in [0.2, 0.25) is 0 Å². The van der Waals surface area contributed by atoms with Gasteiger partial charge in [-0.05, 0) is 54.3 Å². The zero-order valence-electron chi connectivity index (χ0n) is 18.9. The minimum absolute atomic E-state index is 0.0855. The van der Waals surface area contributed by atoms with E-state index >= 15 is 4.39 Å². The van der Waals surface area contributed by atoms with E-state index in [1.54, 1.807) is 18.3 Å². The van der Waals surface area contributed by atoms with Crippen LogP contribution in [0.1, 0.15) is 17.5 Å². The highest BCUT2D eigenvalue weighted by Gasteiger charge is 2.34. The fourth-order valence-electron chi connectivity index (χ4n) is 4.37. The first-order valence-corrected chi connectivity index (χ1v) is 11.2. The molecule has 176 valence electrons. The summed E-state index contributed by atoms with van der Waals surface area (Å²) in [6, 6.07) is 16.5. The van der Waals surface area contributed by atoms with E-state index in [1.165, 1.54) is 12.4 Å². The molecule has 1 aromatic heterocycles. The van der Waals surface area contributed by atoms with Gasteiger partial charge in [0.2, 0.25) is 0 Å². The molecule has 35 heavy (non-hydrogen) atoms. The smallest absolute Gasteiger partial charge is 0.289 e. The average molecular weight is 475 g/mol. The molecule has 0 saturated heterocycles. The lowest BCUT2D eigenvalue weighted by Crippen LogP contribution is -2.18. The van der Waals surface area contributed by atoms with E-state index in [-0.39, 0.29) is 19.4 Å². The van der Waals surface area contributed by atoms with E-state index in [9.17, 15) is 13.2 Å². The second kappa shape index (κ2) is 9.06. The number of aliphatic imine (C=N–C) groups is 1. The lowest BCUT2D eigenvalue weighted by Gasteiger charge is -2.16. The molecule has 5 rings (SSSR count). The molecule has 1 aliphatic rings. The van der Waals surface area contributed by atoms with E-state index in [0.29, 0.717) is 22.4 Å². The number of allylic oxidation sites excluding steroid dienone is 1. The Hall–Kier alpha value is -3.87. The van der Waals surface area contributed by atoms with Gasteiger partial charge in [-0.3, -0.25) is 4.99 Å². The van der Waals surface area contributed by atoms with Gasteiger partial charge in [-0.2, -0.15) is 13.2 Å². The van der Waals surface area contributed by atoms with Gasteiger partial charge in [0.1, 0.15) is 12.1 Å². The van der Waals surface area contributed by atoms with Crippen LogP contribution < -0.4 is 0 Å². The van der Waals surface area contributed by atoms with E-state index in [4.69, 9.17) is 0 Å². The number of hydrogen-bond acceptors (Lipinski definition) is 3. The monoisotopic (exact) mass is 475 g/mol. The van der Waals surface area contributed by atoms with Crippen LogP contribution in [0.3, 0.4) is 0 Å². The van der Waals surface area contributed by atoms with Crippen molar-refractivity contribution in [3.8, 4) is 22.3 Å². The maximum Gasteiger partial charge on any atom is 0.412 e. The lowest BCUT2D eigenvalue weighted by molar-refractivity contribution is -0.0938. The van der Waals surface area contributed by atoms with Crippen molar-refractivity contribution >= 4 is 16.6 Å². The molecule has 0 unspecified atom stereocenters. The predicted octanol–water partition coefficient (Wildman–Crippen LogP) is 7.29. The van der Waals surface area contributed by atoms with Crippen molar-refractivity contribution in [2.75, 3.05) is 6.54 Å². The summed E-state index contributed by atoms with van der Waals surface area (Å²) < 4.78 is 54.5. The minimum Gasteiger partial charge on any atom is -0.289 e. The van der Waals surface area contributed by atoms with Gasteiger partial charge in [-0.15, -0.1) is 0 Å². The third kappa shape index (κ3) is 4.85. The van der Waals surface area contributed by atoms with Gasteiger partial charge in [0.05, 0.1) is 5.52 Å². The van der Waals surface area contributed by atoms with Crippen LogP contribution in [0, 0.1) is 12.7 Å². The summed E-state index contributed by atoms with van der Waals surface area (Å²) in [7, 11) is 0. The molecule has 2 heterocycles. The molecule has 1 aliphatic heterocycles. The quantitative estimate of drug-likeness (QED) is 0.291. The number of halogens is 4. The fraction of sp³-hybridized carbons (Fsp3) is 0.179. The molecule has 0 atom stereocenters. The molecule has 0 bridgehead atoms. The van der Waals surface area contributed by atoms with Crippen molar-refractivity contribution in [1.82, 2.24) is 9.97 Å². The van der Waals surface area contributed by atoms with Gasteiger partial charge in [-0.25, -0.2) is 14.4 Å². The molecule has 7 heteroatoms. The Morgan fingerprint density at radius 3 is 2.57 bits per heavy atom. The average Bonchev–Trinajstić information content (AvgIpc) is 2.83. The summed E-state index contributed by atoms with van der Waals surface area (Å²) in [5, 5.41) is 0.784. The van der Waals surface area contributed by atoms with Gasteiger partial charge >= 0.3 is 6.18 Å². The zero-order valence-corrected chi connectivity index (χ0v) is 18.9. The summed E-state index contributed by atoms with van der Waals surface area (Å²) in [5.41, 5.74) is 5.04.